The third-order valence-electron chi connectivity index (χ3n) is 8.31. The van der Waals surface area contributed by atoms with Gasteiger partial charge in [0.15, 0.2) is 18.4 Å². The lowest BCUT2D eigenvalue weighted by atomic mass is 9.97. The number of aryl methyl sites for hydroxylation is 1. The quantitative estimate of drug-likeness (QED) is 0.186. The first-order valence-corrected chi connectivity index (χ1v) is 15.6. The van der Waals surface area contributed by atoms with Crippen LogP contribution in [0.5, 0.6) is 0 Å². The van der Waals surface area contributed by atoms with Crippen molar-refractivity contribution in [1.82, 2.24) is 4.57 Å². The summed E-state index contributed by atoms with van der Waals surface area (Å²) in [7, 11) is 0. The first kappa shape index (κ1) is 31.5. The summed E-state index contributed by atoms with van der Waals surface area (Å²) in [5.74, 6) is -1.42. The number of nitrogens with zero attached hydrogens (tertiary/aromatic N) is 1. The molecular formula is C37H34ClNO7. The lowest BCUT2D eigenvalue weighted by molar-refractivity contribution is -0.249. The van der Waals surface area contributed by atoms with Crippen molar-refractivity contribution < 1.29 is 34.0 Å². The Morgan fingerprint density at radius 3 is 1.98 bits per heavy atom. The molecule has 0 bridgehead atoms. The largest absolute Gasteiger partial charge is 0.452 e. The van der Waals surface area contributed by atoms with Crippen molar-refractivity contribution >= 4 is 34.4 Å². The molecule has 9 heteroatoms. The van der Waals surface area contributed by atoms with Gasteiger partial charge >= 0.3 is 11.9 Å². The summed E-state index contributed by atoms with van der Waals surface area (Å²) in [5, 5.41) is 22.9. The number of fused-ring (bicyclic) bond motifs is 1. The Hall–Kier alpha value is -4.47. The summed E-state index contributed by atoms with van der Waals surface area (Å²) in [4.78, 5) is 26.8. The molecule has 0 aliphatic carbocycles. The van der Waals surface area contributed by atoms with Gasteiger partial charge in [-0.25, -0.2) is 9.59 Å². The lowest BCUT2D eigenvalue weighted by Gasteiger charge is -2.43. The Kier molecular flexibility index (Phi) is 9.51. The van der Waals surface area contributed by atoms with E-state index in [9.17, 15) is 19.8 Å². The van der Waals surface area contributed by atoms with E-state index in [-0.39, 0.29) is 11.1 Å². The number of carbonyl (C=O) groups is 2. The molecule has 1 saturated heterocycles. The molecule has 0 amide bonds. The molecule has 6 rings (SSSR count). The van der Waals surface area contributed by atoms with Crippen LogP contribution in [-0.2, 0) is 27.1 Å². The van der Waals surface area contributed by atoms with Crippen molar-refractivity contribution in [3.8, 4) is 0 Å². The van der Waals surface area contributed by atoms with E-state index in [2.05, 4.69) is 31.2 Å². The SMILES string of the molecule is CCc1ccc(Cc2cn([C@@H]3O[C@H](CO)[C@H](O)[C@H](OC(=O)c4ccccc4)[C@H]3OC(=O)c3ccccc3)c3cccc(Cl)c23)cc1. The summed E-state index contributed by atoms with van der Waals surface area (Å²) >= 11 is 6.78. The van der Waals surface area contributed by atoms with Gasteiger partial charge in [-0.2, -0.15) is 0 Å². The number of ether oxygens (including phenoxy) is 3. The predicted octanol–water partition coefficient (Wildman–Crippen LogP) is 6.15. The molecule has 236 valence electrons. The normalized spacial score (nSPS) is 21.2. The van der Waals surface area contributed by atoms with E-state index in [1.54, 1.807) is 77.4 Å². The average molecular weight is 640 g/mol. The summed E-state index contributed by atoms with van der Waals surface area (Å²) < 4.78 is 20.0. The standard InChI is InChI=1S/C37H34ClNO7/c1-2-23-16-18-24(19-17-23)20-27-21-39(29-15-9-14-28(38)31(27)29)35-34(46-37(43)26-12-7-4-8-13-26)33(32(41)30(22-40)44-35)45-36(42)25-10-5-3-6-11-25/h3-19,21,30,32-35,40-41H,2,20,22H2,1H3/t30-,32+,33+,34-,35-/m1/s1. The van der Waals surface area contributed by atoms with Gasteiger partial charge in [0.1, 0.15) is 12.2 Å². The second-order valence-corrected chi connectivity index (χ2v) is 11.7. The topological polar surface area (TPSA) is 107 Å². The highest BCUT2D eigenvalue weighted by Crippen LogP contribution is 2.39. The smallest absolute Gasteiger partial charge is 0.338 e. The molecule has 0 unspecified atom stereocenters. The van der Waals surface area contributed by atoms with E-state index in [0.717, 1.165) is 22.9 Å². The van der Waals surface area contributed by atoms with Gasteiger partial charge in [-0.05, 0) is 65.9 Å². The number of hydrogen-bond donors (Lipinski definition) is 2. The maximum absolute atomic E-state index is 13.5. The lowest BCUT2D eigenvalue weighted by Crippen LogP contribution is -2.59. The van der Waals surface area contributed by atoms with Gasteiger partial charge < -0.3 is 29.0 Å². The highest BCUT2D eigenvalue weighted by atomic mass is 35.5. The molecular weight excluding hydrogens is 606 g/mol. The Morgan fingerprint density at radius 2 is 1.39 bits per heavy atom. The zero-order valence-electron chi connectivity index (χ0n) is 25.2. The monoisotopic (exact) mass is 639 g/mol. The zero-order chi connectivity index (χ0) is 32.2. The van der Waals surface area contributed by atoms with Gasteiger partial charge in [0, 0.05) is 11.6 Å². The van der Waals surface area contributed by atoms with Crippen LogP contribution in [0.1, 0.15) is 50.6 Å². The van der Waals surface area contributed by atoms with Crippen LogP contribution in [0, 0.1) is 0 Å². The molecule has 1 aromatic heterocycles. The number of hydrogen-bond acceptors (Lipinski definition) is 7. The molecule has 4 aromatic carbocycles. The molecule has 1 aliphatic rings. The molecule has 1 fully saturated rings. The van der Waals surface area contributed by atoms with E-state index in [1.165, 1.54) is 5.56 Å². The number of benzene rings is 4. The van der Waals surface area contributed by atoms with Crippen LogP contribution in [-0.4, -0.2) is 57.7 Å². The highest BCUT2D eigenvalue weighted by molar-refractivity contribution is 6.35. The third kappa shape index (κ3) is 6.43. The van der Waals surface area contributed by atoms with Crippen LogP contribution in [0.25, 0.3) is 10.9 Å². The second-order valence-electron chi connectivity index (χ2n) is 11.3. The van der Waals surface area contributed by atoms with Crippen LogP contribution in [0.2, 0.25) is 5.02 Å². The molecule has 46 heavy (non-hydrogen) atoms. The van der Waals surface area contributed by atoms with Gasteiger partial charge in [0.25, 0.3) is 0 Å². The van der Waals surface area contributed by atoms with Crippen molar-refractivity contribution in [3.05, 3.63) is 142 Å². The average Bonchev–Trinajstić information content (AvgIpc) is 3.46. The van der Waals surface area contributed by atoms with Crippen LogP contribution in [0.15, 0.2) is 109 Å². The maximum Gasteiger partial charge on any atom is 0.338 e. The zero-order valence-corrected chi connectivity index (χ0v) is 25.9. The van der Waals surface area contributed by atoms with Crippen molar-refractivity contribution in [1.29, 1.82) is 0 Å². The Balaban J connectivity index is 1.45. The molecule has 0 spiro atoms. The molecule has 2 heterocycles. The fraction of sp³-hybridized carbons (Fsp3) is 0.243. The molecule has 0 saturated carbocycles. The molecule has 5 atom stereocenters. The van der Waals surface area contributed by atoms with E-state index < -0.39 is 49.2 Å². The third-order valence-corrected chi connectivity index (χ3v) is 8.62. The minimum Gasteiger partial charge on any atom is -0.452 e. The molecule has 2 N–H and O–H groups in total. The van der Waals surface area contributed by atoms with Gasteiger partial charge in [0.2, 0.25) is 0 Å². The fourth-order valence-electron chi connectivity index (χ4n) is 5.88. The molecule has 1 aliphatic heterocycles. The Labute approximate surface area is 271 Å². The van der Waals surface area contributed by atoms with Gasteiger partial charge in [-0.1, -0.05) is 85.3 Å². The molecule has 8 nitrogen and oxygen atoms in total. The van der Waals surface area contributed by atoms with Gasteiger partial charge in [-0.15, -0.1) is 0 Å². The number of rotatable bonds is 9. The Morgan fingerprint density at radius 1 is 0.804 bits per heavy atom. The van der Waals surface area contributed by atoms with Crippen molar-refractivity contribution in [2.45, 2.75) is 50.4 Å². The van der Waals surface area contributed by atoms with Gasteiger partial charge in [0.05, 0.1) is 28.3 Å². The number of aliphatic hydroxyl groups excluding tert-OH is 2. The van der Waals surface area contributed by atoms with Crippen molar-refractivity contribution in [2.24, 2.45) is 0 Å². The maximum atomic E-state index is 13.5. The van der Waals surface area contributed by atoms with E-state index in [4.69, 9.17) is 25.8 Å². The first-order chi connectivity index (χ1) is 22.4. The number of halogens is 1. The van der Waals surface area contributed by atoms with Crippen molar-refractivity contribution in [3.63, 3.8) is 0 Å². The molecule has 5 aromatic rings. The van der Waals surface area contributed by atoms with Crippen LogP contribution in [0.3, 0.4) is 0 Å². The van der Waals surface area contributed by atoms with E-state index in [1.807, 2.05) is 12.3 Å². The van der Waals surface area contributed by atoms with E-state index >= 15 is 0 Å². The minimum absolute atomic E-state index is 0.251. The Bertz CT molecular complexity index is 1810. The fourth-order valence-corrected chi connectivity index (χ4v) is 6.17. The van der Waals surface area contributed by atoms with Crippen molar-refractivity contribution in [2.75, 3.05) is 6.61 Å². The summed E-state index contributed by atoms with van der Waals surface area (Å²) in [6.45, 7) is 1.53. The molecule has 0 radical (unpaired) electrons. The van der Waals surface area contributed by atoms with Crippen LogP contribution >= 0.6 is 11.6 Å². The summed E-state index contributed by atoms with van der Waals surface area (Å²) in [6, 6.07) is 30.5. The second kappa shape index (κ2) is 13.9. The number of aromatic nitrogens is 1. The van der Waals surface area contributed by atoms with E-state index in [0.29, 0.717) is 17.0 Å². The minimum atomic E-state index is -1.51. The highest BCUT2D eigenvalue weighted by Gasteiger charge is 2.51. The van der Waals surface area contributed by atoms with Gasteiger partial charge in [-0.3, -0.25) is 0 Å². The summed E-state index contributed by atoms with van der Waals surface area (Å²) in [6.07, 6.45) is -3.13. The number of esters is 2. The number of aliphatic hydroxyl groups is 2. The first-order valence-electron chi connectivity index (χ1n) is 15.2. The van der Waals surface area contributed by atoms with Crippen LogP contribution in [0.4, 0.5) is 0 Å². The van der Waals surface area contributed by atoms with Crippen LogP contribution < -0.4 is 0 Å². The summed E-state index contributed by atoms with van der Waals surface area (Å²) in [5.41, 5.74) is 4.40. The number of carbonyl (C=O) groups excluding carboxylic acids is 2. The predicted molar refractivity (Wildman–Crippen MR) is 174 cm³/mol.